The summed E-state index contributed by atoms with van der Waals surface area (Å²) in [5.74, 6) is 0.129. The Morgan fingerprint density at radius 2 is 1.62 bits per heavy atom. The van der Waals surface area contributed by atoms with Crippen molar-refractivity contribution < 1.29 is 33.3 Å². The van der Waals surface area contributed by atoms with Crippen molar-refractivity contribution in [3.8, 4) is 17.2 Å². The Morgan fingerprint density at radius 1 is 0.966 bits per heavy atom. The van der Waals surface area contributed by atoms with Crippen molar-refractivity contribution in [1.82, 2.24) is 0 Å². The highest BCUT2D eigenvalue weighted by Gasteiger charge is 2.19. The SMILES string of the molecule is COc1ccc(NC(=O)[C@@H](C)OC(=O)COc2ccc(C(C)=O)cc2)cc1OC. The van der Waals surface area contributed by atoms with Crippen LogP contribution < -0.4 is 19.5 Å². The number of rotatable bonds is 9. The van der Waals surface area contributed by atoms with E-state index in [0.717, 1.165) is 0 Å². The summed E-state index contributed by atoms with van der Waals surface area (Å²) >= 11 is 0. The molecule has 154 valence electrons. The molecule has 2 rings (SSSR count). The van der Waals surface area contributed by atoms with Crippen LogP contribution in [-0.4, -0.2) is 44.6 Å². The molecule has 1 atom stereocenters. The molecule has 0 aliphatic carbocycles. The topological polar surface area (TPSA) is 100 Å². The monoisotopic (exact) mass is 401 g/mol. The number of hydrogen-bond acceptors (Lipinski definition) is 7. The van der Waals surface area contributed by atoms with Gasteiger partial charge in [-0.15, -0.1) is 0 Å². The van der Waals surface area contributed by atoms with Crippen LogP contribution in [0.1, 0.15) is 24.2 Å². The summed E-state index contributed by atoms with van der Waals surface area (Å²) in [4.78, 5) is 35.4. The maximum Gasteiger partial charge on any atom is 0.344 e. The largest absolute Gasteiger partial charge is 0.493 e. The predicted octanol–water partition coefficient (Wildman–Crippen LogP) is 2.86. The van der Waals surface area contributed by atoms with E-state index in [1.807, 2.05) is 0 Å². The van der Waals surface area contributed by atoms with Gasteiger partial charge in [-0.3, -0.25) is 9.59 Å². The first kappa shape index (κ1) is 21.7. The van der Waals surface area contributed by atoms with Crippen molar-refractivity contribution in [3.63, 3.8) is 0 Å². The van der Waals surface area contributed by atoms with E-state index < -0.39 is 18.0 Å². The summed E-state index contributed by atoms with van der Waals surface area (Å²) in [7, 11) is 3.00. The van der Waals surface area contributed by atoms with Gasteiger partial charge in [-0.2, -0.15) is 0 Å². The summed E-state index contributed by atoms with van der Waals surface area (Å²) in [6.07, 6.45) is -1.03. The van der Waals surface area contributed by atoms with Gasteiger partial charge in [0.15, 0.2) is 30.0 Å². The molecule has 0 fully saturated rings. The second-order valence-corrected chi connectivity index (χ2v) is 6.06. The van der Waals surface area contributed by atoms with Gasteiger partial charge in [-0.1, -0.05) is 0 Å². The summed E-state index contributed by atoms with van der Waals surface area (Å²) < 4.78 is 20.7. The van der Waals surface area contributed by atoms with Gasteiger partial charge in [0.2, 0.25) is 0 Å². The van der Waals surface area contributed by atoms with E-state index >= 15 is 0 Å². The number of carbonyl (C=O) groups excluding carboxylic acids is 3. The molecule has 1 amide bonds. The van der Waals surface area contributed by atoms with Crippen LogP contribution in [-0.2, 0) is 14.3 Å². The first-order chi connectivity index (χ1) is 13.8. The standard InChI is InChI=1S/C21H23NO7/c1-13(23)15-5-8-17(9-6-15)28-12-20(24)29-14(2)21(25)22-16-7-10-18(26-3)19(11-16)27-4/h5-11,14H,12H2,1-4H3,(H,22,25)/t14-/m1/s1. The number of Topliss-reactive ketones (excluding diaryl/α,β-unsaturated/α-hetero) is 1. The van der Waals surface area contributed by atoms with Crippen molar-refractivity contribution in [3.05, 3.63) is 48.0 Å². The minimum absolute atomic E-state index is 0.0646. The Balaban J connectivity index is 1.85. The molecular weight excluding hydrogens is 378 g/mol. The van der Waals surface area contributed by atoms with Crippen LogP contribution in [0.2, 0.25) is 0 Å². The lowest BCUT2D eigenvalue weighted by molar-refractivity contribution is -0.155. The Hall–Kier alpha value is -3.55. The lowest BCUT2D eigenvalue weighted by Gasteiger charge is -2.15. The molecular formula is C21H23NO7. The molecule has 0 spiro atoms. The summed E-state index contributed by atoms with van der Waals surface area (Å²) in [5, 5.41) is 2.64. The molecule has 0 aliphatic rings. The average molecular weight is 401 g/mol. The predicted molar refractivity (Wildman–Crippen MR) is 106 cm³/mol. The minimum atomic E-state index is -1.03. The molecule has 0 bridgehead atoms. The summed E-state index contributed by atoms with van der Waals surface area (Å²) in [5.41, 5.74) is 1.01. The molecule has 0 saturated carbocycles. The van der Waals surface area contributed by atoms with Crippen molar-refractivity contribution in [2.75, 3.05) is 26.1 Å². The highest BCUT2D eigenvalue weighted by molar-refractivity contribution is 5.95. The van der Waals surface area contributed by atoms with Gasteiger partial charge in [-0.25, -0.2) is 4.79 Å². The van der Waals surface area contributed by atoms with E-state index in [1.165, 1.54) is 28.1 Å². The van der Waals surface area contributed by atoms with Gasteiger partial charge in [0.05, 0.1) is 14.2 Å². The molecule has 2 aromatic rings. The fraction of sp³-hybridized carbons (Fsp3) is 0.286. The first-order valence-electron chi connectivity index (χ1n) is 8.80. The van der Waals surface area contributed by atoms with Gasteiger partial charge in [-0.05, 0) is 50.2 Å². The number of esters is 1. The average Bonchev–Trinajstić information content (AvgIpc) is 2.72. The molecule has 0 heterocycles. The van der Waals surface area contributed by atoms with Crippen LogP contribution in [0, 0.1) is 0 Å². The van der Waals surface area contributed by atoms with E-state index in [1.54, 1.807) is 42.5 Å². The van der Waals surface area contributed by atoms with Crippen LogP contribution in [0.3, 0.4) is 0 Å². The first-order valence-corrected chi connectivity index (χ1v) is 8.80. The summed E-state index contributed by atoms with van der Waals surface area (Å²) in [6.45, 7) is 2.55. The summed E-state index contributed by atoms with van der Waals surface area (Å²) in [6, 6.07) is 11.2. The molecule has 1 N–H and O–H groups in total. The van der Waals surface area contributed by atoms with Gasteiger partial charge in [0.1, 0.15) is 5.75 Å². The fourth-order valence-electron chi connectivity index (χ4n) is 2.37. The number of ketones is 1. The lowest BCUT2D eigenvalue weighted by atomic mass is 10.1. The number of amides is 1. The molecule has 0 saturated heterocycles. The zero-order valence-electron chi connectivity index (χ0n) is 16.7. The van der Waals surface area contributed by atoms with E-state index in [-0.39, 0.29) is 12.4 Å². The van der Waals surface area contributed by atoms with Gasteiger partial charge in [0.25, 0.3) is 5.91 Å². The number of carbonyl (C=O) groups is 3. The second kappa shape index (κ2) is 10.1. The van der Waals surface area contributed by atoms with Gasteiger partial charge < -0.3 is 24.3 Å². The smallest absolute Gasteiger partial charge is 0.344 e. The molecule has 8 heteroatoms. The van der Waals surface area contributed by atoms with Crippen molar-refractivity contribution in [2.24, 2.45) is 0 Å². The molecule has 0 radical (unpaired) electrons. The zero-order chi connectivity index (χ0) is 21.4. The Labute approximate surface area is 168 Å². The van der Waals surface area contributed by atoms with E-state index in [0.29, 0.717) is 28.5 Å². The van der Waals surface area contributed by atoms with Crippen LogP contribution in [0.15, 0.2) is 42.5 Å². The van der Waals surface area contributed by atoms with Crippen LogP contribution >= 0.6 is 0 Å². The Bertz CT molecular complexity index is 877. The number of methoxy groups -OCH3 is 2. The second-order valence-electron chi connectivity index (χ2n) is 6.06. The molecule has 29 heavy (non-hydrogen) atoms. The third-order valence-corrected chi connectivity index (χ3v) is 3.95. The minimum Gasteiger partial charge on any atom is -0.493 e. The molecule has 0 aliphatic heterocycles. The Morgan fingerprint density at radius 3 is 2.21 bits per heavy atom. The fourth-order valence-corrected chi connectivity index (χ4v) is 2.37. The number of benzene rings is 2. The number of ether oxygens (including phenoxy) is 4. The number of hydrogen-bond donors (Lipinski definition) is 1. The third-order valence-electron chi connectivity index (χ3n) is 3.95. The number of nitrogens with one attached hydrogen (secondary N) is 1. The van der Waals surface area contributed by atoms with Crippen molar-refractivity contribution in [2.45, 2.75) is 20.0 Å². The van der Waals surface area contributed by atoms with Crippen LogP contribution in [0.25, 0.3) is 0 Å². The Kier molecular flexibility index (Phi) is 7.59. The highest BCUT2D eigenvalue weighted by Crippen LogP contribution is 2.29. The lowest BCUT2D eigenvalue weighted by Crippen LogP contribution is -2.31. The van der Waals surface area contributed by atoms with E-state index in [2.05, 4.69) is 5.32 Å². The van der Waals surface area contributed by atoms with Gasteiger partial charge in [0, 0.05) is 17.3 Å². The van der Waals surface area contributed by atoms with E-state index in [4.69, 9.17) is 18.9 Å². The zero-order valence-corrected chi connectivity index (χ0v) is 16.7. The molecule has 0 aromatic heterocycles. The quantitative estimate of drug-likeness (QED) is 0.509. The van der Waals surface area contributed by atoms with Gasteiger partial charge >= 0.3 is 5.97 Å². The van der Waals surface area contributed by atoms with E-state index in [9.17, 15) is 14.4 Å². The van der Waals surface area contributed by atoms with Crippen LogP contribution in [0.5, 0.6) is 17.2 Å². The number of anilines is 1. The van der Waals surface area contributed by atoms with Crippen molar-refractivity contribution in [1.29, 1.82) is 0 Å². The molecule has 0 unspecified atom stereocenters. The molecule has 2 aromatic carbocycles. The maximum atomic E-state index is 12.2. The van der Waals surface area contributed by atoms with Crippen LogP contribution in [0.4, 0.5) is 5.69 Å². The maximum absolute atomic E-state index is 12.2. The third kappa shape index (κ3) is 6.24. The molecule has 8 nitrogen and oxygen atoms in total. The normalized spacial score (nSPS) is 11.2. The van der Waals surface area contributed by atoms with Crippen molar-refractivity contribution >= 4 is 23.3 Å². The highest BCUT2D eigenvalue weighted by atomic mass is 16.6.